The van der Waals surface area contributed by atoms with E-state index in [1.807, 2.05) is 28.8 Å². The number of nitrogens with zero attached hydrogens (tertiary/aromatic N) is 2. The highest BCUT2D eigenvalue weighted by Crippen LogP contribution is 2.33. The highest BCUT2D eigenvalue weighted by Gasteiger charge is 2.24. The number of aromatic nitrogens is 2. The second-order valence-electron chi connectivity index (χ2n) is 7.95. The first-order valence-electron chi connectivity index (χ1n) is 10.8. The molecular weight excluding hydrogens is 412 g/mol. The molecule has 0 spiro atoms. The lowest BCUT2D eigenvalue weighted by Crippen LogP contribution is -2.26. The maximum atomic E-state index is 13.2. The van der Waals surface area contributed by atoms with Crippen LogP contribution in [0.5, 0.6) is 11.5 Å². The molecule has 3 aromatic rings. The predicted octanol–water partition coefficient (Wildman–Crippen LogP) is 4.65. The maximum Gasteiger partial charge on any atom is 0.262 e. The van der Waals surface area contributed by atoms with Crippen molar-refractivity contribution in [3.8, 4) is 11.5 Å². The number of rotatable bonds is 5. The summed E-state index contributed by atoms with van der Waals surface area (Å²) in [6.45, 7) is 1.19. The van der Waals surface area contributed by atoms with Crippen molar-refractivity contribution in [3.05, 3.63) is 58.4 Å². The Hall–Kier alpha value is -2.80. The molecule has 160 valence electrons. The summed E-state index contributed by atoms with van der Waals surface area (Å²) < 4.78 is 13.2. The zero-order valence-corrected chi connectivity index (χ0v) is 18.0. The average Bonchev–Trinajstić information content (AvgIpc) is 3.21. The third kappa shape index (κ3) is 4.06. The molecule has 2 aliphatic rings. The van der Waals surface area contributed by atoms with Crippen LogP contribution in [-0.4, -0.2) is 34.3 Å². The highest BCUT2D eigenvalue weighted by molar-refractivity contribution is 7.99. The zero-order valence-electron chi connectivity index (χ0n) is 17.2. The lowest BCUT2D eigenvalue weighted by molar-refractivity contribution is 0.102. The molecule has 31 heavy (non-hydrogen) atoms. The smallest absolute Gasteiger partial charge is 0.262 e. The number of ether oxygens (including phenoxy) is 2. The van der Waals surface area contributed by atoms with Gasteiger partial charge in [0.25, 0.3) is 5.56 Å². The van der Waals surface area contributed by atoms with Crippen LogP contribution in [-0.2, 0) is 0 Å². The van der Waals surface area contributed by atoms with E-state index < -0.39 is 0 Å². The topological polar surface area (TPSA) is 70.4 Å². The summed E-state index contributed by atoms with van der Waals surface area (Å²) in [7, 11) is 0. The van der Waals surface area contributed by atoms with Gasteiger partial charge in [0.15, 0.2) is 22.4 Å². The number of carbonyl (C=O) groups is 1. The van der Waals surface area contributed by atoms with Crippen LogP contribution in [0.2, 0.25) is 0 Å². The fourth-order valence-electron chi connectivity index (χ4n) is 4.26. The van der Waals surface area contributed by atoms with Gasteiger partial charge in [-0.1, -0.05) is 36.7 Å². The van der Waals surface area contributed by atoms with Crippen LogP contribution in [0.1, 0.15) is 48.5 Å². The van der Waals surface area contributed by atoms with E-state index in [1.54, 1.807) is 18.2 Å². The Labute approximate surface area is 184 Å². The lowest BCUT2D eigenvalue weighted by Gasteiger charge is -2.18. The number of para-hydroxylation sites is 1. The summed E-state index contributed by atoms with van der Waals surface area (Å²) in [5, 5.41) is 1.26. The van der Waals surface area contributed by atoms with E-state index in [2.05, 4.69) is 0 Å². The highest BCUT2D eigenvalue weighted by atomic mass is 32.2. The number of Topliss-reactive ketones (excluding diaryl/α,β-unsaturated/α-hetero) is 1. The first-order valence-corrected chi connectivity index (χ1v) is 11.8. The summed E-state index contributed by atoms with van der Waals surface area (Å²) in [4.78, 5) is 30.9. The van der Waals surface area contributed by atoms with Gasteiger partial charge in [0, 0.05) is 18.0 Å². The average molecular weight is 437 g/mol. The van der Waals surface area contributed by atoms with E-state index in [9.17, 15) is 9.59 Å². The summed E-state index contributed by atoms with van der Waals surface area (Å²) in [5.41, 5.74) is 1.24. The molecule has 0 radical (unpaired) electrons. The van der Waals surface area contributed by atoms with Gasteiger partial charge in [0.05, 0.1) is 29.9 Å². The van der Waals surface area contributed by atoms with Gasteiger partial charge in [0.1, 0.15) is 0 Å². The van der Waals surface area contributed by atoms with Crippen LogP contribution in [0.3, 0.4) is 0 Å². The van der Waals surface area contributed by atoms with E-state index in [4.69, 9.17) is 14.5 Å². The number of benzene rings is 2. The molecule has 0 unspecified atom stereocenters. The minimum Gasteiger partial charge on any atom is -0.490 e. The Morgan fingerprint density at radius 1 is 1.03 bits per heavy atom. The normalized spacial score (nSPS) is 16.4. The fraction of sp³-hybridized carbons (Fsp3) is 0.375. The number of carbonyl (C=O) groups excluding carboxylic acids is 1. The van der Waals surface area contributed by atoms with Gasteiger partial charge in [-0.25, -0.2) is 4.98 Å². The standard InChI is InChI=1S/C24H24N2O4S/c27-20(16-10-11-21-22(14-16)30-13-5-12-29-21)15-31-24-25-19-9-4-3-8-18(19)23(28)26(24)17-6-1-2-7-17/h3-4,8-11,14,17H,1-2,5-7,12-13,15H2. The molecular formula is C24H24N2O4S. The molecule has 0 saturated heterocycles. The molecule has 1 aliphatic heterocycles. The van der Waals surface area contributed by atoms with Gasteiger partial charge in [0.2, 0.25) is 0 Å². The minimum absolute atomic E-state index is 0.0111. The molecule has 6 nitrogen and oxygen atoms in total. The molecule has 1 fully saturated rings. The molecule has 0 amide bonds. The fourth-order valence-corrected chi connectivity index (χ4v) is 5.22. The number of hydrogen-bond acceptors (Lipinski definition) is 6. The molecule has 7 heteroatoms. The first kappa shape index (κ1) is 20.1. The van der Waals surface area contributed by atoms with Crippen molar-refractivity contribution in [2.75, 3.05) is 19.0 Å². The number of hydrogen-bond donors (Lipinski definition) is 0. The molecule has 1 saturated carbocycles. The Balaban J connectivity index is 1.42. The molecule has 1 aromatic heterocycles. The van der Waals surface area contributed by atoms with Crippen LogP contribution in [0.25, 0.3) is 10.9 Å². The summed E-state index contributed by atoms with van der Waals surface area (Å²) in [6.07, 6.45) is 5.00. The number of ketones is 1. The quantitative estimate of drug-likeness (QED) is 0.329. The third-order valence-electron chi connectivity index (χ3n) is 5.87. The van der Waals surface area contributed by atoms with Crippen molar-refractivity contribution >= 4 is 28.4 Å². The van der Waals surface area contributed by atoms with Crippen LogP contribution in [0, 0.1) is 0 Å². The van der Waals surface area contributed by atoms with Crippen molar-refractivity contribution in [1.29, 1.82) is 0 Å². The van der Waals surface area contributed by atoms with Crippen LogP contribution in [0.15, 0.2) is 52.4 Å². The molecule has 2 aromatic carbocycles. The molecule has 0 N–H and O–H groups in total. The zero-order chi connectivity index (χ0) is 21.2. The van der Waals surface area contributed by atoms with E-state index in [0.29, 0.717) is 46.3 Å². The van der Waals surface area contributed by atoms with Crippen LogP contribution < -0.4 is 15.0 Å². The SMILES string of the molecule is O=C(CSc1nc2ccccc2c(=O)n1C1CCCC1)c1ccc2c(c1)OCCCO2. The van der Waals surface area contributed by atoms with Gasteiger partial charge in [-0.05, 0) is 43.2 Å². The molecule has 0 atom stereocenters. The molecule has 1 aliphatic carbocycles. The van der Waals surface area contributed by atoms with Crippen LogP contribution >= 0.6 is 11.8 Å². The number of fused-ring (bicyclic) bond motifs is 2. The summed E-state index contributed by atoms with van der Waals surface area (Å²) in [5.74, 6) is 1.46. The van der Waals surface area contributed by atoms with Gasteiger partial charge >= 0.3 is 0 Å². The minimum atomic E-state index is -0.0268. The van der Waals surface area contributed by atoms with Gasteiger partial charge < -0.3 is 9.47 Å². The Morgan fingerprint density at radius 2 is 1.81 bits per heavy atom. The monoisotopic (exact) mass is 436 g/mol. The van der Waals surface area contributed by atoms with E-state index in [1.165, 1.54) is 11.8 Å². The third-order valence-corrected chi connectivity index (χ3v) is 6.82. The van der Waals surface area contributed by atoms with E-state index in [-0.39, 0.29) is 23.1 Å². The molecule has 2 heterocycles. The van der Waals surface area contributed by atoms with E-state index >= 15 is 0 Å². The van der Waals surface area contributed by atoms with Gasteiger partial charge in [-0.2, -0.15) is 0 Å². The Morgan fingerprint density at radius 3 is 2.65 bits per heavy atom. The van der Waals surface area contributed by atoms with E-state index in [0.717, 1.165) is 32.1 Å². The largest absolute Gasteiger partial charge is 0.490 e. The first-order chi connectivity index (χ1) is 15.2. The second-order valence-corrected chi connectivity index (χ2v) is 8.89. The predicted molar refractivity (Wildman–Crippen MR) is 121 cm³/mol. The van der Waals surface area contributed by atoms with Crippen molar-refractivity contribution < 1.29 is 14.3 Å². The van der Waals surface area contributed by atoms with Crippen molar-refractivity contribution in [2.45, 2.75) is 43.3 Å². The molecule has 0 bridgehead atoms. The van der Waals surface area contributed by atoms with Crippen molar-refractivity contribution in [3.63, 3.8) is 0 Å². The van der Waals surface area contributed by atoms with Gasteiger partial charge in [-0.3, -0.25) is 14.2 Å². The number of thioether (sulfide) groups is 1. The van der Waals surface area contributed by atoms with Crippen molar-refractivity contribution in [2.24, 2.45) is 0 Å². The van der Waals surface area contributed by atoms with Crippen molar-refractivity contribution in [1.82, 2.24) is 9.55 Å². The Bertz CT molecular complexity index is 1180. The lowest BCUT2D eigenvalue weighted by atomic mass is 10.1. The second kappa shape index (κ2) is 8.75. The van der Waals surface area contributed by atoms with Crippen LogP contribution in [0.4, 0.5) is 0 Å². The Kier molecular flexibility index (Phi) is 5.68. The molecule has 5 rings (SSSR count). The van der Waals surface area contributed by atoms with Gasteiger partial charge in [-0.15, -0.1) is 0 Å². The summed E-state index contributed by atoms with van der Waals surface area (Å²) >= 11 is 1.34. The maximum absolute atomic E-state index is 13.2. The summed E-state index contributed by atoms with van der Waals surface area (Å²) in [6, 6.07) is 12.9.